The summed E-state index contributed by atoms with van der Waals surface area (Å²) >= 11 is 0. The van der Waals surface area contributed by atoms with Gasteiger partial charge in [-0.3, -0.25) is 9.69 Å². The van der Waals surface area contributed by atoms with E-state index in [1.54, 1.807) is 4.90 Å². The molecule has 0 spiro atoms. The number of alkyl halides is 1. The predicted octanol–water partition coefficient (Wildman–Crippen LogP) is 0.261. The SMILES string of the molecule is O=CN1CCC(N2CCC(F)C2)C1. The van der Waals surface area contributed by atoms with E-state index in [1.807, 2.05) is 0 Å². The minimum absolute atomic E-state index is 0.408. The fraction of sp³-hybridized carbons (Fsp3) is 0.889. The zero-order chi connectivity index (χ0) is 9.26. The second-order valence-electron chi connectivity index (χ2n) is 3.92. The molecular formula is C9H15FN2O. The Kier molecular flexibility index (Phi) is 2.49. The van der Waals surface area contributed by atoms with Crippen LogP contribution in [0.2, 0.25) is 0 Å². The molecule has 4 heteroatoms. The van der Waals surface area contributed by atoms with E-state index in [1.165, 1.54) is 0 Å². The van der Waals surface area contributed by atoms with Gasteiger partial charge in [-0.2, -0.15) is 0 Å². The number of rotatable bonds is 2. The van der Waals surface area contributed by atoms with Gasteiger partial charge in [0.1, 0.15) is 6.17 Å². The summed E-state index contributed by atoms with van der Waals surface area (Å²) in [5.74, 6) is 0. The summed E-state index contributed by atoms with van der Waals surface area (Å²) in [6.07, 6.45) is 1.91. The first-order valence-corrected chi connectivity index (χ1v) is 4.87. The molecule has 2 saturated heterocycles. The van der Waals surface area contributed by atoms with Crippen molar-refractivity contribution in [2.45, 2.75) is 25.1 Å². The Morgan fingerprint density at radius 1 is 1.23 bits per heavy atom. The van der Waals surface area contributed by atoms with Gasteiger partial charge < -0.3 is 4.90 Å². The molecule has 2 fully saturated rings. The fourth-order valence-electron chi connectivity index (χ4n) is 2.24. The average molecular weight is 186 g/mol. The largest absolute Gasteiger partial charge is 0.344 e. The molecule has 0 saturated carbocycles. The molecule has 0 N–H and O–H groups in total. The van der Waals surface area contributed by atoms with Gasteiger partial charge in [0.05, 0.1) is 0 Å². The Morgan fingerprint density at radius 2 is 2.08 bits per heavy atom. The number of nitrogens with zero attached hydrogens (tertiary/aromatic N) is 2. The first-order chi connectivity index (χ1) is 6.29. The van der Waals surface area contributed by atoms with E-state index in [2.05, 4.69) is 4.90 Å². The molecule has 0 radical (unpaired) electrons. The van der Waals surface area contributed by atoms with Gasteiger partial charge in [-0.15, -0.1) is 0 Å². The lowest BCUT2D eigenvalue weighted by molar-refractivity contribution is -0.117. The number of carbonyl (C=O) groups excluding carboxylic acids is 1. The van der Waals surface area contributed by atoms with Crippen molar-refractivity contribution in [2.24, 2.45) is 0 Å². The molecular weight excluding hydrogens is 171 g/mol. The maximum absolute atomic E-state index is 12.9. The second kappa shape index (κ2) is 3.62. The van der Waals surface area contributed by atoms with Gasteiger partial charge in [-0.1, -0.05) is 0 Å². The van der Waals surface area contributed by atoms with Crippen LogP contribution in [0.5, 0.6) is 0 Å². The molecule has 2 rings (SSSR count). The molecule has 0 aromatic carbocycles. The minimum Gasteiger partial charge on any atom is -0.344 e. The highest BCUT2D eigenvalue weighted by Gasteiger charge is 2.32. The van der Waals surface area contributed by atoms with Crippen LogP contribution in [-0.2, 0) is 4.79 Å². The van der Waals surface area contributed by atoms with Gasteiger partial charge in [0.15, 0.2) is 0 Å². The molecule has 13 heavy (non-hydrogen) atoms. The number of amides is 1. The van der Waals surface area contributed by atoms with Crippen molar-refractivity contribution < 1.29 is 9.18 Å². The van der Waals surface area contributed by atoms with E-state index in [4.69, 9.17) is 0 Å². The van der Waals surface area contributed by atoms with Crippen LogP contribution in [0.4, 0.5) is 4.39 Å². The average Bonchev–Trinajstić information content (AvgIpc) is 2.71. The van der Waals surface area contributed by atoms with Crippen molar-refractivity contribution in [1.82, 2.24) is 9.80 Å². The van der Waals surface area contributed by atoms with E-state index >= 15 is 0 Å². The summed E-state index contributed by atoms with van der Waals surface area (Å²) in [5, 5.41) is 0. The molecule has 0 bridgehead atoms. The van der Waals surface area contributed by atoms with Crippen LogP contribution in [-0.4, -0.2) is 54.6 Å². The lowest BCUT2D eigenvalue weighted by atomic mass is 10.2. The first kappa shape index (κ1) is 8.94. The highest BCUT2D eigenvalue weighted by Crippen LogP contribution is 2.21. The molecule has 0 aliphatic carbocycles. The van der Waals surface area contributed by atoms with Crippen LogP contribution in [0.25, 0.3) is 0 Å². The van der Waals surface area contributed by atoms with Gasteiger partial charge in [-0.25, -0.2) is 4.39 Å². The quantitative estimate of drug-likeness (QED) is 0.578. The number of likely N-dealkylation sites (tertiary alicyclic amines) is 2. The van der Waals surface area contributed by atoms with E-state index in [9.17, 15) is 9.18 Å². The monoisotopic (exact) mass is 186 g/mol. The fourth-order valence-corrected chi connectivity index (χ4v) is 2.24. The van der Waals surface area contributed by atoms with E-state index in [0.29, 0.717) is 19.0 Å². The molecule has 2 unspecified atom stereocenters. The van der Waals surface area contributed by atoms with Crippen molar-refractivity contribution in [3.8, 4) is 0 Å². The number of hydrogen-bond acceptors (Lipinski definition) is 2. The van der Waals surface area contributed by atoms with Crippen molar-refractivity contribution in [3.05, 3.63) is 0 Å². The summed E-state index contributed by atoms with van der Waals surface area (Å²) < 4.78 is 12.9. The van der Waals surface area contributed by atoms with Crippen LogP contribution in [0.1, 0.15) is 12.8 Å². The van der Waals surface area contributed by atoms with Crippen LogP contribution in [0.15, 0.2) is 0 Å². The summed E-state index contributed by atoms with van der Waals surface area (Å²) in [6.45, 7) is 3.05. The summed E-state index contributed by atoms with van der Waals surface area (Å²) in [7, 11) is 0. The zero-order valence-corrected chi connectivity index (χ0v) is 7.66. The van der Waals surface area contributed by atoms with E-state index < -0.39 is 6.17 Å². The third kappa shape index (κ3) is 1.82. The Labute approximate surface area is 77.5 Å². The zero-order valence-electron chi connectivity index (χ0n) is 7.66. The van der Waals surface area contributed by atoms with Gasteiger partial charge in [0.2, 0.25) is 6.41 Å². The Hall–Kier alpha value is -0.640. The lowest BCUT2D eigenvalue weighted by Crippen LogP contribution is -2.35. The van der Waals surface area contributed by atoms with Gasteiger partial charge in [0, 0.05) is 32.2 Å². The number of carbonyl (C=O) groups is 1. The molecule has 1 amide bonds. The van der Waals surface area contributed by atoms with Crippen LogP contribution >= 0.6 is 0 Å². The van der Waals surface area contributed by atoms with Gasteiger partial charge in [0.25, 0.3) is 0 Å². The third-order valence-corrected chi connectivity index (χ3v) is 3.02. The van der Waals surface area contributed by atoms with Crippen molar-refractivity contribution >= 4 is 6.41 Å². The Balaban J connectivity index is 1.85. The smallest absolute Gasteiger partial charge is 0.209 e. The minimum atomic E-state index is -0.648. The molecule has 0 aromatic rings. The highest BCUT2D eigenvalue weighted by atomic mass is 19.1. The standard InChI is InChI=1S/C9H15FN2O/c10-8-1-4-12(5-8)9-2-3-11(6-9)7-13/h7-9H,1-6H2. The lowest BCUT2D eigenvalue weighted by Gasteiger charge is -2.22. The maximum Gasteiger partial charge on any atom is 0.209 e. The summed E-state index contributed by atoms with van der Waals surface area (Å²) in [6, 6.07) is 0.408. The second-order valence-corrected chi connectivity index (χ2v) is 3.92. The first-order valence-electron chi connectivity index (χ1n) is 4.87. The summed E-state index contributed by atoms with van der Waals surface area (Å²) in [5.41, 5.74) is 0. The van der Waals surface area contributed by atoms with Crippen molar-refractivity contribution in [3.63, 3.8) is 0 Å². The molecule has 0 aromatic heterocycles. The highest BCUT2D eigenvalue weighted by molar-refractivity contribution is 5.47. The molecule has 2 aliphatic rings. The number of hydrogen-bond donors (Lipinski definition) is 0. The summed E-state index contributed by atoms with van der Waals surface area (Å²) in [4.78, 5) is 14.4. The molecule has 3 nitrogen and oxygen atoms in total. The normalized spacial score (nSPS) is 35.6. The third-order valence-electron chi connectivity index (χ3n) is 3.02. The molecule has 2 atom stereocenters. The van der Waals surface area contributed by atoms with E-state index in [0.717, 1.165) is 32.5 Å². The van der Waals surface area contributed by atoms with E-state index in [-0.39, 0.29) is 0 Å². The predicted molar refractivity (Wildman–Crippen MR) is 47.1 cm³/mol. The van der Waals surface area contributed by atoms with Gasteiger partial charge in [-0.05, 0) is 12.8 Å². The molecule has 2 heterocycles. The topological polar surface area (TPSA) is 23.6 Å². The molecule has 2 aliphatic heterocycles. The van der Waals surface area contributed by atoms with Crippen LogP contribution in [0.3, 0.4) is 0 Å². The van der Waals surface area contributed by atoms with Gasteiger partial charge >= 0.3 is 0 Å². The van der Waals surface area contributed by atoms with Crippen molar-refractivity contribution in [1.29, 1.82) is 0 Å². The molecule has 74 valence electrons. The van der Waals surface area contributed by atoms with Crippen LogP contribution < -0.4 is 0 Å². The Bertz CT molecular complexity index is 200. The van der Waals surface area contributed by atoms with Crippen molar-refractivity contribution in [2.75, 3.05) is 26.2 Å². The van der Waals surface area contributed by atoms with Crippen LogP contribution in [0, 0.1) is 0 Å². The maximum atomic E-state index is 12.9. The Morgan fingerprint density at radius 3 is 2.62 bits per heavy atom. The number of halogens is 1.